The van der Waals surface area contributed by atoms with Gasteiger partial charge in [0.05, 0.1) is 10.8 Å². The van der Waals surface area contributed by atoms with Gasteiger partial charge in [-0.2, -0.15) is 0 Å². The molecule has 0 unspecified atom stereocenters. The number of benzene rings is 2. The van der Waals surface area contributed by atoms with E-state index < -0.39 is 5.63 Å². The predicted molar refractivity (Wildman–Crippen MR) is 122 cm³/mol. The van der Waals surface area contributed by atoms with Gasteiger partial charge in [-0.1, -0.05) is 33.6 Å². The molecule has 6 heteroatoms. The minimum Gasteiger partial charge on any atom is -0.422 e. The van der Waals surface area contributed by atoms with Gasteiger partial charge in [0.15, 0.2) is 11.6 Å². The second kappa shape index (κ2) is 7.36. The Hall–Kier alpha value is -2.99. The number of hydrogen-bond donors (Lipinski definition) is 0. The topological polar surface area (TPSA) is 69.3 Å². The lowest BCUT2D eigenvalue weighted by molar-refractivity contribution is 0.101. The third kappa shape index (κ3) is 3.03. The number of aromatic nitrogens is 1. The normalized spacial score (nSPS) is 11.4. The Morgan fingerprint density at radius 3 is 2.27 bits per heavy atom. The number of nitrogens with zero attached hydrogens (tertiary/aromatic N) is 1. The summed E-state index contributed by atoms with van der Waals surface area (Å²) in [6.07, 6.45) is 0. The zero-order valence-corrected chi connectivity index (χ0v) is 18.7. The largest absolute Gasteiger partial charge is 0.422 e. The summed E-state index contributed by atoms with van der Waals surface area (Å²) in [6.45, 7) is 7.21. The van der Waals surface area contributed by atoms with Gasteiger partial charge in [-0.3, -0.25) is 9.59 Å². The van der Waals surface area contributed by atoms with Crippen molar-refractivity contribution in [2.45, 2.75) is 27.7 Å². The highest BCUT2D eigenvalue weighted by Crippen LogP contribution is 2.34. The van der Waals surface area contributed by atoms with E-state index in [2.05, 4.69) is 15.9 Å². The van der Waals surface area contributed by atoms with Crippen molar-refractivity contribution in [2.75, 3.05) is 5.33 Å². The highest BCUT2D eigenvalue weighted by atomic mass is 79.9. The summed E-state index contributed by atoms with van der Waals surface area (Å²) in [5, 5.41) is 1.43. The molecule has 4 aromatic rings. The summed E-state index contributed by atoms with van der Waals surface area (Å²) in [7, 11) is 0. The van der Waals surface area contributed by atoms with Crippen LogP contribution in [-0.2, 0) is 0 Å². The van der Waals surface area contributed by atoms with Crippen LogP contribution in [0.3, 0.4) is 0 Å². The Balaban J connectivity index is 2.17. The molecule has 0 atom stereocenters. The van der Waals surface area contributed by atoms with Crippen molar-refractivity contribution in [1.82, 2.24) is 4.57 Å². The van der Waals surface area contributed by atoms with E-state index in [-0.39, 0.29) is 22.5 Å². The SMILES string of the molecule is CC(=O)c1c(C)n(-c2ccc(C)cc2)c2cc3c(C)c(C(=O)CBr)c(=O)oc3cc12. The minimum absolute atomic E-state index is 0.0414. The van der Waals surface area contributed by atoms with Crippen LogP contribution in [0.2, 0.25) is 0 Å². The number of alkyl halides is 1. The number of carbonyl (C=O) groups is 2. The molecular formula is C24H20BrNO4. The predicted octanol–water partition coefficient (Wildman–Crippen LogP) is 5.44. The van der Waals surface area contributed by atoms with E-state index in [4.69, 9.17) is 4.42 Å². The maximum atomic E-state index is 12.5. The Morgan fingerprint density at radius 2 is 1.67 bits per heavy atom. The number of Topliss-reactive ketones (excluding diaryl/α,β-unsaturated/α-hetero) is 2. The van der Waals surface area contributed by atoms with Gasteiger partial charge in [-0.25, -0.2) is 4.79 Å². The quantitative estimate of drug-likeness (QED) is 0.228. The van der Waals surface area contributed by atoms with Crippen LogP contribution in [0.5, 0.6) is 0 Å². The van der Waals surface area contributed by atoms with Gasteiger partial charge in [0.1, 0.15) is 11.1 Å². The summed E-state index contributed by atoms with van der Waals surface area (Å²) in [5.74, 6) is -0.384. The molecule has 2 heterocycles. The zero-order chi connectivity index (χ0) is 21.7. The highest BCUT2D eigenvalue weighted by Gasteiger charge is 2.22. The van der Waals surface area contributed by atoms with Crippen molar-refractivity contribution in [2.24, 2.45) is 0 Å². The molecule has 0 fully saturated rings. The number of hydrogen-bond acceptors (Lipinski definition) is 4. The molecule has 0 N–H and O–H groups in total. The first-order valence-electron chi connectivity index (χ1n) is 9.54. The van der Waals surface area contributed by atoms with Crippen LogP contribution >= 0.6 is 15.9 Å². The zero-order valence-electron chi connectivity index (χ0n) is 17.1. The molecule has 0 saturated heterocycles. The van der Waals surface area contributed by atoms with Gasteiger partial charge in [-0.05, 0) is 57.5 Å². The number of halogens is 1. The van der Waals surface area contributed by atoms with Crippen molar-refractivity contribution in [3.05, 3.63) is 74.8 Å². The van der Waals surface area contributed by atoms with Crippen LogP contribution in [0.25, 0.3) is 27.6 Å². The number of ketones is 2. The molecule has 0 amide bonds. The highest BCUT2D eigenvalue weighted by molar-refractivity contribution is 9.09. The van der Waals surface area contributed by atoms with Crippen LogP contribution in [0, 0.1) is 20.8 Å². The second-order valence-corrected chi connectivity index (χ2v) is 8.06. The van der Waals surface area contributed by atoms with E-state index in [1.165, 1.54) is 6.92 Å². The Bertz CT molecular complexity index is 1410. The Labute approximate surface area is 181 Å². The Kier molecular flexibility index (Phi) is 4.98. The first-order valence-corrected chi connectivity index (χ1v) is 10.7. The molecule has 2 aromatic carbocycles. The van der Waals surface area contributed by atoms with Gasteiger partial charge < -0.3 is 8.98 Å². The second-order valence-electron chi connectivity index (χ2n) is 7.50. The average Bonchev–Trinajstić information content (AvgIpc) is 2.98. The van der Waals surface area contributed by atoms with E-state index >= 15 is 0 Å². The fourth-order valence-electron chi connectivity index (χ4n) is 4.12. The van der Waals surface area contributed by atoms with Crippen LogP contribution in [0.15, 0.2) is 45.6 Å². The molecule has 0 bridgehead atoms. The third-order valence-corrected chi connectivity index (χ3v) is 6.04. The molecule has 5 nitrogen and oxygen atoms in total. The fourth-order valence-corrected chi connectivity index (χ4v) is 4.40. The van der Waals surface area contributed by atoms with Crippen molar-refractivity contribution >= 4 is 49.4 Å². The van der Waals surface area contributed by atoms with E-state index in [9.17, 15) is 14.4 Å². The smallest absolute Gasteiger partial charge is 0.347 e. The molecular weight excluding hydrogens is 446 g/mol. The molecule has 2 aromatic heterocycles. The average molecular weight is 466 g/mol. The van der Waals surface area contributed by atoms with Crippen molar-refractivity contribution in [1.29, 1.82) is 0 Å². The van der Waals surface area contributed by atoms with Crippen molar-refractivity contribution in [3.63, 3.8) is 0 Å². The summed E-state index contributed by atoms with van der Waals surface area (Å²) < 4.78 is 7.52. The van der Waals surface area contributed by atoms with E-state index in [1.807, 2.05) is 48.7 Å². The maximum Gasteiger partial charge on any atom is 0.347 e. The summed E-state index contributed by atoms with van der Waals surface area (Å²) in [4.78, 5) is 37.2. The lowest BCUT2D eigenvalue weighted by Crippen LogP contribution is -2.17. The van der Waals surface area contributed by atoms with E-state index in [0.717, 1.165) is 27.8 Å². The van der Waals surface area contributed by atoms with Gasteiger partial charge in [0, 0.05) is 27.7 Å². The molecule has 0 aliphatic heterocycles. The number of rotatable bonds is 4. The number of fused-ring (bicyclic) bond motifs is 2. The van der Waals surface area contributed by atoms with E-state index in [1.54, 1.807) is 13.0 Å². The molecule has 0 aliphatic carbocycles. The standard InChI is InChI=1S/C24H20BrNO4/c1-12-5-7-16(8-6-12)26-14(3)23(15(4)27)18-10-21-17(9-19(18)26)13(2)22(20(28)11-25)24(29)30-21/h5-10H,11H2,1-4H3. The minimum atomic E-state index is -0.664. The lowest BCUT2D eigenvalue weighted by atomic mass is 10.0. The lowest BCUT2D eigenvalue weighted by Gasteiger charge is -2.10. The molecule has 30 heavy (non-hydrogen) atoms. The van der Waals surface area contributed by atoms with Gasteiger partial charge in [0.25, 0.3) is 0 Å². The van der Waals surface area contributed by atoms with Crippen LogP contribution in [-0.4, -0.2) is 21.5 Å². The van der Waals surface area contributed by atoms with E-state index in [0.29, 0.717) is 22.1 Å². The van der Waals surface area contributed by atoms with Crippen LogP contribution < -0.4 is 5.63 Å². The summed E-state index contributed by atoms with van der Waals surface area (Å²) >= 11 is 3.13. The Morgan fingerprint density at radius 1 is 1.00 bits per heavy atom. The van der Waals surface area contributed by atoms with Crippen LogP contribution in [0.4, 0.5) is 0 Å². The van der Waals surface area contributed by atoms with Crippen molar-refractivity contribution < 1.29 is 14.0 Å². The van der Waals surface area contributed by atoms with Crippen molar-refractivity contribution in [3.8, 4) is 5.69 Å². The molecule has 152 valence electrons. The van der Waals surface area contributed by atoms with Crippen LogP contribution in [0.1, 0.15) is 44.5 Å². The molecule has 0 radical (unpaired) electrons. The summed E-state index contributed by atoms with van der Waals surface area (Å²) in [6, 6.07) is 11.7. The number of carbonyl (C=O) groups excluding carboxylic acids is 2. The molecule has 0 saturated carbocycles. The first kappa shape index (κ1) is 20.3. The molecule has 0 spiro atoms. The number of aryl methyl sites for hydroxylation is 2. The monoisotopic (exact) mass is 465 g/mol. The molecule has 4 rings (SSSR count). The molecule has 0 aliphatic rings. The third-order valence-electron chi connectivity index (χ3n) is 5.54. The maximum absolute atomic E-state index is 12.5. The summed E-state index contributed by atoms with van der Waals surface area (Å²) in [5.41, 5.74) is 4.62. The van der Waals surface area contributed by atoms with Gasteiger partial charge >= 0.3 is 5.63 Å². The first-order chi connectivity index (χ1) is 14.2. The van der Waals surface area contributed by atoms with Gasteiger partial charge in [0.2, 0.25) is 0 Å². The van der Waals surface area contributed by atoms with Gasteiger partial charge in [-0.15, -0.1) is 0 Å². The fraction of sp³-hybridized carbons (Fsp3) is 0.208.